The highest BCUT2D eigenvalue weighted by Gasteiger charge is 2.29. The van der Waals surface area contributed by atoms with Crippen LogP contribution in [0.3, 0.4) is 0 Å². The molecule has 2 unspecified atom stereocenters. The zero-order valence-electron chi connectivity index (χ0n) is 9.48. The number of carbonyl (C=O) groups excluding carboxylic acids is 1. The van der Waals surface area contributed by atoms with E-state index in [-0.39, 0.29) is 24.3 Å². The average molecular weight is 214 g/mol. The topological polar surface area (TPSA) is 66.6 Å². The number of nitrogens with zero attached hydrogens (tertiary/aromatic N) is 1. The lowest BCUT2D eigenvalue weighted by Crippen LogP contribution is -2.37. The number of hydrogen-bond acceptors (Lipinski definition) is 3. The van der Waals surface area contributed by atoms with Crippen molar-refractivity contribution in [1.82, 2.24) is 4.90 Å². The van der Waals surface area contributed by atoms with Crippen molar-refractivity contribution >= 4 is 5.91 Å². The van der Waals surface area contributed by atoms with Crippen LogP contribution in [-0.4, -0.2) is 42.2 Å². The standard InChI is InChI=1S/C11H22N2O2/c1-2-3-10(6-12)11(15)13-5-4-9(7-13)8-14/h9-10,14H,2-8,12H2,1H3. The van der Waals surface area contributed by atoms with Crippen molar-refractivity contribution in [2.24, 2.45) is 17.6 Å². The summed E-state index contributed by atoms with van der Waals surface area (Å²) < 4.78 is 0. The zero-order chi connectivity index (χ0) is 11.3. The van der Waals surface area contributed by atoms with Crippen LogP contribution in [0.1, 0.15) is 26.2 Å². The van der Waals surface area contributed by atoms with Crippen LogP contribution in [0.2, 0.25) is 0 Å². The summed E-state index contributed by atoms with van der Waals surface area (Å²) in [5.41, 5.74) is 5.60. The Bertz CT molecular complexity index is 209. The first-order chi connectivity index (χ1) is 7.22. The molecule has 15 heavy (non-hydrogen) atoms. The number of likely N-dealkylation sites (tertiary alicyclic amines) is 1. The molecule has 0 aliphatic carbocycles. The Morgan fingerprint density at radius 1 is 1.67 bits per heavy atom. The van der Waals surface area contributed by atoms with Crippen molar-refractivity contribution in [3.05, 3.63) is 0 Å². The normalized spacial score (nSPS) is 23.1. The van der Waals surface area contributed by atoms with E-state index in [0.717, 1.165) is 25.8 Å². The summed E-state index contributed by atoms with van der Waals surface area (Å²) in [6.07, 6.45) is 2.78. The van der Waals surface area contributed by atoms with Gasteiger partial charge in [-0.2, -0.15) is 0 Å². The molecule has 4 nitrogen and oxygen atoms in total. The summed E-state index contributed by atoms with van der Waals surface area (Å²) in [5, 5.41) is 9.00. The summed E-state index contributed by atoms with van der Waals surface area (Å²) in [4.78, 5) is 13.8. The highest BCUT2D eigenvalue weighted by Crippen LogP contribution is 2.19. The van der Waals surface area contributed by atoms with Gasteiger partial charge in [-0.25, -0.2) is 0 Å². The van der Waals surface area contributed by atoms with Crippen molar-refractivity contribution in [1.29, 1.82) is 0 Å². The third-order valence-corrected chi connectivity index (χ3v) is 3.13. The smallest absolute Gasteiger partial charge is 0.226 e. The summed E-state index contributed by atoms with van der Waals surface area (Å²) in [6.45, 7) is 4.17. The number of amides is 1. The molecular formula is C11H22N2O2. The van der Waals surface area contributed by atoms with E-state index in [2.05, 4.69) is 6.92 Å². The molecule has 1 saturated heterocycles. The predicted molar refractivity (Wildman–Crippen MR) is 59.2 cm³/mol. The lowest BCUT2D eigenvalue weighted by atomic mass is 10.0. The fraction of sp³-hybridized carbons (Fsp3) is 0.909. The Kier molecular flexibility index (Phi) is 5.05. The van der Waals surface area contributed by atoms with Crippen LogP contribution in [0.15, 0.2) is 0 Å². The lowest BCUT2D eigenvalue weighted by molar-refractivity contribution is -0.134. The lowest BCUT2D eigenvalue weighted by Gasteiger charge is -2.22. The third-order valence-electron chi connectivity index (χ3n) is 3.13. The van der Waals surface area contributed by atoms with E-state index in [0.29, 0.717) is 13.1 Å². The maximum atomic E-state index is 12.0. The van der Waals surface area contributed by atoms with Crippen LogP contribution in [0.5, 0.6) is 0 Å². The second-order valence-electron chi connectivity index (χ2n) is 4.34. The first-order valence-corrected chi connectivity index (χ1v) is 5.82. The van der Waals surface area contributed by atoms with Crippen LogP contribution >= 0.6 is 0 Å². The van der Waals surface area contributed by atoms with Gasteiger partial charge >= 0.3 is 0 Å². The molecule has 3 N–H and O–H groups in total. The van der Waals surface area contributed by atoms with Gasteiger partial charge in [-0.05, 0) is 12.8 Å². The van der Waals surface area contributed by atoms with Gasteiger partial charge in [0.2, 0.25) is 5.91 Å². The quantitative estimate of drug-likeness (QED) is 0.687. The molecule has 0 aromatic rings. The molecular weight excluding hydrogens is 192 g/mol. The number of aliphatic hydroxyl groups excluding tert-OH is 1. The number of aliphatic hydroxyl groups is 1. The molecule has 0 spiro atoms. The summed E-state index contributed by atoms with van der Waals surface area (Å²) >= 11 is 0. The molecule has 0 saturated carbocycles. The van der Waals surface area contributed by atoms with Gasteiger partial charge in [0.15, 0.2) is 0 Å². The van der Waals surface area contributed by atoms with Gasteiger partial charge in [0, 0.05) is 32.2 Å². The van der Waals surface area contributed by atoms with E-state index in [1.807, 2.05) is 4.90 Å². The minimum atomic E-state index is -0.0209. The first kappa shape index (κ1) is 12.5. The van der Waals surface area contributed by atoms with E-state index in [9.17, 15) is 4.79 Å². The van der Waals surface area contributed by atoms with Gasteiger partial charge in [0.25, 0.3) is 0 Å². The molecule has 1 amide bonds. The number of hydrogen-bond donors (Lipinski definition) is 2. The SMILES string of the molecule is CCCC(CN)C(=O)N1CCC(CO)C1. The van der Waals surface area contributed by atoms with E-state index in [1.165, 1.54) is 0 Å². The summed E-state index contributed by atoms with van der Waals surface area (Å²) in [5.74, 6) is 0.428. The van der Waals surface area contributed by atoms with Gasteiger partial charge < -0.3 is 15.7 Å². The van der Waals surface area contributed by atoms with E-state index >= 15 is 0 Å². The Labute approximate surface area is 91.4 Å². The highest BCUT2D eigenvalue weighted by molar-refractivity contribution is 5.79. The van der Waals surface area contributed by atoms with Crippen LogP contribution < -0.4 is 5.73 Å². The van der Waals surface area contributed by atoms with Crippen LogP contribution in [0.25, 0.3) is 0 Å². The molecule has 1 fully saturated rings. The maximum Gasteiger partial charge on any atom is 0.226 e. The fourth-order valence-electron chi connectivity index (χ4n) is 2.13. The van der Waals surface area contributed by atoms with Gasteiger partial charge in [0.1, 0.15) is 0 Å². The van der Waals surface area contributed by atoms with Crippen LogP contribution in [0, 0.1) is 11.8 Å². The van der Waals surface area contributed by atoms with Crippen LogP contribution in [0.4, 0.5) is 0 Å². The number of rotatable bonds is 5. The largest absolute Gasteiger partial charge is 0.396 e. The minimum absolute atomic E-state index is 0.0209. The molecule has 1 aliphatic heterocycles. The Hall–Kier alpha value is -0.610. The third kappa shape index (κ3) is 3.18. The van der Waals surface area contributed by atoms with E-state index in [4.69, 9.17) is 10.8 Å². The Balaban J connectivity index is 2.45. The summed E-state index contributed by atoms with van der Waals surface area (Å²) in [7, 11) is 0. The molecule has 1 aliphatic rings. The molecule has 2 atom stereocenters. The fourth-order valence-corrected chi connectivity index (χ4v) is 2.13. The van der Waals surface area contributed by atoms with Crippen molar-refractivity contribution < 1.29 is 9.90 Å². The van der Waals surface area contributed by atoms with E-state index in [1.54, 1.807) is 0 Å². The minimum Gasteiger partial charge on any atom is -0.396 e. The number of nitrogens with two attached hydrogens (primary N) is 1. The average Bonchev–Trinajstić information content (AvgIpc) is 2.73. The van der Waals surface area contributed by atoms with Crippen molar-refractivity contribution in [3.63, 3.8) is 0 Å². The van der Waals surface area contributed by atoms with Crippen molar-refractivity contribution in [2.45, 2.75) is 26.2 Å². The zero-order valence-corrected chi connectivity index (χ0v) is 9.48. The maximum absolute atomic E-state index is 12.0. The van der Waals surface area contributed by atoms with Gasteiger partial charge in [-0.3, -0.25) is 4.79 Å². The second kappa shape index (κ2) is 6.08. The van der Waals surface area contributed by atoms with Gasteiger partial charge in [-0.15, -0.1) is 0 Å². The summed E-state index contributed by atoms with van der Waals surface area (Å²) in [6, 6.07) is 0. The molecule has 0 aromatic carbocycles. The predicted octanol–water partition coefficient (Wildman–Crippen LogP) is 0.202. The molecule has 1 heterocycles. The highest BCUT2D eigenvalue weighted by atomic mass is 16.3. The Morgan fingerprint density at radius 3 is 2.87 bits per heavy atom. The number of carbonyl (C=O) groups is 1. The molecule has 0 radical (unpaired) electrons. The first-order valence-electron chi connectivity index (χ1n) is 5.82. The van der Waals surface area contributed by atoms with Gasteiger partial charge in [-0.1, -0.05) is 13.3 Å². The van der Waals surface area contributed by atoms with E-state index < -0.39 is 0 Å². The molecule has 0 aromatic heterocycles. The molecule has 4 heteroatoms. The second-order valence-corrected chi connectivity index (χ2v) is 4.34. The van der Waals surface area contributed by atoms with Crippen molar-refractivity contribution in [2.75, 3.05) is 26.2 Å². The van der Waals surface area contributed by atoms with Gasteiger partial charge in [0.05, 0.1) is 5.92 Å². The Morgan fingerprint density at radius 2 is 2.40 bits per heavy atom. The molecule has 88 valence electrons. The van der Waals surface area contributed by atoms with Crippen LogP contribution in [-0.2, 0) is 4.79 Å². The molecule has 0 bridgehead atoms. The van der Waals surface area contributed by atoms with Crippen molar-refractivity contribution in [3.8, 4) is 0 Å². The monoisotopic (exact) mass is 214 g/mol. The molecule has 1 rings (SSSR count).